The number of hydrogen-bond donors (Lipinski definition) is 0. The third-order valence-corrected chi connectivity index (χ3v) is 3.91. The van der Waals surface area contributed by atoms with Gasteiger partial charge in [0, 0.05) is 12.5 Å². The summed E-state index contributed by atoms with van der Waals surface area (Å²) < 4.78 is 6.00. The van der Waals surface area contributed by atoms with E-state index in [9.17, 15) is 0 Å². The molecule has 1 atom stereocenters. The molecule has 0 saturated carbocycles. The van der Waals surface area contributed by atoms with Crippen LogP contribution in [-0.4, -0.2) is 31.6 Å². The number of ether oxygens (including phenoxy) is 1. The van der Waals surface area contributed by atoms with Crippen LogP contribution in [0, 0.1) is 5.92 Å². The van der Waals surface area contributed by atoms with E-state index >= 15 is 0 Å². The maximum Gasteiger partial charge on any atom is 0.119 e. The summed E-state index contributed by atoms with van der Waals surface area (Å²) in [6.07, 6.45) is 2.59. The van der Waals surface area contributed by atoms with Crippen molar-refractivity contribution in [2.24, 2.45) is 5.92 Å². The van der Waals surface area contributed by atoms with Gasteiger partial charge < -0.3 is 9.64 Å². The average molecular weight is 261 g/mol. The predicted molar refractivity (Wildman–Crippen MR) is 80.9 cm³/mol. The van der Waals surface area contributed by atoms with E-state index in [1.165, 1.54) is 31.5 Å². The standard InChI is InChI=1S/C17H27NO/c1-17(2,3)15-8-5-9-16(11-15)19-13-14-7-6-10-18(4)12-14/h5,8-9,11,14H,6-7,10,12-13H2,1-4H3. The van der Waals surface area contributed by atoms with E-state index in [0.29, 0.717) is 5.92 Å². The quantitative estimate of drug-likeness (QED) is 0.822. The SMILES string of the molecule is CN1CCCC(COc2cccc(C(C)(C)C)c2)C1. The Morgan fingerprint density at radius 1 is 1.32 bits per heavy atom. The van der Waals surface area contributed by atoms with Gasteiger partial charge in [0.25, 0.3) is 0 Å². The van der Waals surface area contributed by atoms with E-state index in [4.69, 9.17) is 4.74 Å². The molecule has 1 aromatic carbocycles. The van der Waals surface area contributed by atoms with E-state index < -0.39 is 0 Å². The zero-order valence-corrected chi connectivity index (χ0v) is 12.8. The number of hydrogen-bond acceptors (Lipinski definition) is 2. The van der Waals surface area contributed by atoms with Crippen molar-refractivity contribution in [1.29, 1.82) is 0 Å². The van der Waals surface area contributed by atoms with Crippen LogP contribution in [0.4, 0.5) is 0 Å². The molecule has 2 nitrogen and oxygen atoms in total. The van der Waals surface area contributed by atoms with Crippen molar-refractivity contribution >= 4 is 0 Å². The molecule has 1 aromatic rings. The third-order valence-electron chi connectivity index (χ3n) is 3.91. The van der Waals surface area contributed by atoms with Gasteiger partial charge >= 0.3 is 0 Å². The summed E-state index contributed by atoms with van der Waals surface area (Å²) in [5, 5.41) is 0. The number of benzene rings is 1. The molecule has 0 radical (unpaired) electrons. The maximum atomic E-state index is 6.00. The van der Waals surface area contributed by atoms with Crippen LogP contribution >= 0.6 is 0 Å². The monoisotopic (exact) mass is 261 g/mol. The lowest BCUT2D eigenvalue weighted by Gasteiger charge is -2.29. The second-order valence-electron chi connectivity index (χ2n) is 6.86. The molecule has 0 aliphatic carbocycles. The zero-order chi connectivity index (χ0) is 13.9. The highest BCUT2D eigenvalue weighted by Gasteiger charge is 2.18. The van der Waals surface area contributed by atoms with Crippen LogP contribution in [0.15, 0.2) is 24.3 Å². The fraction of sp³-hybridized carbons (Fsp3) is 0.647. The second kappa shape index (κ2) is 5.96. The van der Waals surface area contributed by atoms with Gasteiger partial charge in [-0.25, -0.2) is 0 Å². The summed E-state index contributed by atoms with van der Waals surface area (Å²) in [6, 6.07) is 8.54. The van der Waals surface area contributed by atoms with E-state index in [2.05, 4.69) is 57.0 Å². The Morgan fingerprint density at radius 3 is 2.79 bits per heavy atom. The van der Waals surface area contributed by atoms with Gasteiger partial charge in [-0.2, -0.15) is 0 Å². The Kier molecular flexibility index (Phi) is 4.51. The van der Waals surface area contributed by atoms with Crippen molar-refractivity contribution < 1.29 is 4.74 Å². The highest BCUT2D eigenvalue weighted by molar-refractivity contribution is 5.32. The normalized spacial score (nSPS) is 21.4. The van der Waals surface area contributed by atoms with Crippen LogP contribution in [0.5, 0.6) is 5.75 Å². The van der Waals surface area contributed by atoms with Crippen LogP contribution in [0.1, 0.15) is 39.2 Å². The number of likely N-dealkylation sites (tertiary alicyclic amines) is 1. The molecule has 0 N–H and O–H groups in total. The minimum absolute atomic E-state index is 0.185. The molecule has 106 valence electrons. The summed E-state index contributed by atoms with van der Waals surface area (Å²) in [5.74, 6) is 1.69. The molecule has 2 heteroatoms. The second-order valence-corrected chi connectivity index (χ2v) is 6.86. The first kappa shape index (κ1) is 14.4. The summed E-state index contributed by atoms with van der Waals surface area (Å²) in [7, 11) is 2.20. The average Bonchev–Trinajstić information content (AvgIpc) is 2.36. The smallest absolute Gasteiger partial charge is 0.119 e. The van der Waals surface area contributed by atoms with Crippen LogP contribution in [-0.2, 0) is 5.41 Å². The number of piperidine rings is 1. The maximum absolute atomic E-state index is 6.00. The topological polar surface area (TPSA) is 12.5 Å². The summed E-state index contributed by atoms with van der Waals surface area (Å²) in [6.45, 7) is 9.96. The first-order valence-electron chi connectivity index (χ1n) is 7.37. The lowest BCUT2D eigenvalue weighted by atomic mass is 9.87. The highest BCUT2D eigenvalue weighted by Crippen LogP contribution is 2.26. The largest absolute Gasteiger partial charge is 0.493 e. The van der Waals surface area contributed by atoms with E-state index in [1.54, 1.807) is 0 Å². The van der Waals surface area contributed by atoms with Gasteiger partial charge in [-0.3, -0.25) is 0 Å². The van der Waals surface area contributed by atoms with Crippen molar-refractivity contribution in [3.63, 3.8) is 0 Å². The van der Waals surface area contributed by atoms with Gasteiger partial charge in [0.1, 0.15) is 5.75 Å². The molecule has 0 aromatic heterocycles. The molecule has 1 unspecified atom stereocenters. The Labute approximate surface area is 117 Å². The first-order valence-corrected chi connectivity index (χ1v) is 7.37. The molecule has 2 rings (SSSR count). The van der Waals surface area contributed by atoms with Crippen LogP contribution in [0.3, 0.4) is 0 Å². The van der Waals surface area contributed by atoms with Crippen LogP contribution in [0.25, 0.3) is 0 Å². The molecule has 1 fully saturated rings. The fourth-order valence-electron chi connectivity index (χ4n) is 2.68. The molecule has 1 aliphatic heterocycles. The minimum Gasteiger partial charge on any atom is -0.493 e. The van der Waals surface area contributed by atoms with Gasteiger partial charge in [-0.1, -0.05) is 32.9 Å². The van der Waals surface area contributed by atoms with Gasteiger partial charge in [-0.05, 0) is 49.5 Å². The molecule has 1 heterocycles. The molecule has 19 heavy (non-hydrogen) atoms. The van der Waals surface area contributed by atoms with Gasteiger partial charge in [0.15, 0.2) is 0 Å². The van der Waals surface area contributed by atoms with Gasteiger partial charge in [-0.15, -0.1) is 0 Å². The molecular formula is C17H27NO. The molecular weight excluding hydrogens is 234 g/mol. The minimum atomic E-state index is 0.185. The first-order chi connectivity index (χ1) is 8.95. The van der Waals surface area contributed by atoms with Crippen LogP contribution in [0.2, 0.25) is 0 Å². The fourth-order valence-corrected chi connectivity index (χ4v) is 2.68. The highest BCUT2D eigenvalue weighted by atomic mass is 16.5. The van der Waals surface area contributed by atoms with Crippen LogP contribution < -0.4 is 4.74 Å². The molecule has 1 aliphatic rings. The Morgan fingerprint density at radius 2 is 2.11 bits per heavy atom. The summed E-state index contributed by atoms with van der Waals surface area (Å²) >= 11 is 0. The lowest BCUT2D eigenvalue weighted by Crippen LogP contribution is -2.34. The number of nitrogens with zero attached hydrogens (tertiary/aromatic N) is 1. The molecule has 0 bridgehead atoms. The molecule has 0 amide bonds. The summed E-state index contributed by atoms with van der Waals surface area (Å²) in [4.78, 5) is 2.41. The van der Waals surface area contributed by atoms with E-state index in [-0.39, 0.29) is 5.41 Å². The molecule has 0 spiro atoms. The van der Waals surface area contributed by atoms with Crippen molar-refractivity contribution in [1.82, 2.24) is 4.90 Å². The Balaban J connectivity index is 1.92. The van der Waals surface area contributed by atoms with Gasteiger partial charge in [0.2, 0.25) is 0 Å². The molecule has 1 saturated heterocycles. The Hall–Kier alpha value is -1.02. The zero-order valence-electron chi connectivity index (χ0n) is 12.8. The van der Waals surface area contributed by atoms with E-state index in [0.717, 1.165) is 12.4 Å². The van der Waals surface area contributed by atoms with Crippen molar-refractivity contribution in [3.8, 4) is 5.75 Å². The van der Waals surface area contributed by atoms with Gasteiger partial charge in [0.05, 0.1) is 6.61 Å². The number of rotatable bonds is 3. The third kappa shape index (κ3) is 4.24. The van der Waals surface area contributed by atoms with Crippen molar-refractivity contribution in [2.45, 2.75) is 39.0 Å². The van der Waals surface area contributed by atoms with E-state index in [1.807, 2.05) is 0 Å². The lowest BCUT2D eigenvalue weighted by molar-refractivity contribution is 0.150. The Bertz CT molecular complexity index is 408. The van der Waals surface area contributed by atoms with Crippen molar-refractivity contribution in [3.05, 3.63) is 29.8 Å². The predicted octanol–water partition coefficient (Wildman–Crippen LogP) is 3.70. The van der Waals surface area contributed by atoms with Crippen molar-refractivity contribution in [2.75, 3.05) is 26.7 Å². The summed E-state index contributed by atoms with van der Waals surface area (Å²) in [5.41, 5.74) is 1.52.